The molecule has 4 rings (SSSR count). The fourth-order valence-corrected chi connectivity index (χ4v) is 4.75. The van der Waals surface area contributed by atoms with Crippen molar-refractivity contribution in [3.63, 3.8) is 0 Å². The Labute approximate surface area is 199 Å². The molecule has 0 bridgehead atoms. The number of hydrogen-bond donors (Lipinski definition) is 1. The van der Waals surface area contributed by atoms with Gasteiger partial charge in [-0.15, -0.1) is 5.10 Å². The van der Waals surface area contributed by atoms with Gasteiger partial charge in [-0.25, -0.2) is 12.8 Å². The van der Waals surface area contributed by atoms with Crippen molar-refractivity contribution in [3.05, 3.63) is 65.0 Å². The molecule has 2 aromatic carbocycles. The number of hydrazone groups is 1. The Bertz CT molecular complexity index is 1390. The molecule has 12 heteroatoms. The van der Waals surface area contributed by atoms with Crippen molar-refractivity contribution in [3.8, 4) is 11.5 Å². The third-order valence-corrected chi connectivity index (χ3v) is 7.25. The number of carbonyl (C=O) groups excluding carboxylic acids is 1. The Hall–Kier alpha value is -3.51. The highest BCUT2D eigenvalue weighted by Gasteiger charge is 2.38. The summed E-state index contributed by atoms with van der Waals surface area (Å²) < 4.78 is 48.6. The summed E-state index contributed by atoms with van der Waals surface area (Å²) in [6.45, 7) is 2.14. The predicted octanol–water partition coefficient (Wildman–Crippen LogP) is 3.42. The Morgan fingerprint density at radius 3 is 2.65 bits per heavy atom. The number of halogens is 1. The molecule has 34 heavy (non-hydrogen) atoms. The van der Waals surface area contributed by atoms with E-state index in [1.165, 1.54) is 12.1 Å². The number of amides is 1. The third-order valence-electron chi connectivity index (χ3n) is 4.67. The van der Waals surface area contributed by atoms with Crippen LogP contribution in [-0.2, 0) is 21.2 Å². The number of thioether (sulfide) groups is 1. The highest BCUT2D eigenvalue weighted by molar-refractivity contribution is 8.42. The lowest BCUT2D eigenvalue weighted by atomic mass is 10.1. The van der Waals surface area contributed by atoms with Crippen LogP contribution in [0.3, 0.4) is 0 Å². The summed E-state index contributed by atoms with van der Waals surface area (Å²) in [7, 11) is -3.61. The minimum absolute atomic E-state index is 0.00110. The average Bonchev–Trinajstić information content (AvgIpc) is 3.22. The van der Waals surface area contributed by atoms with E-state index in [0.717, 1.165) is 23.0 Å². The molecule has 0 aromatic heterocycles. The van der Waals surface area contributed by atoms with Crippen LogP contribution in [0.15, 0.2) is 58.1 Å². The Balaban J connectivity index is 1.61. The zero-order valence-electron chi connectivity index (χ0n) is 18.1. The van der Waals surface area contributed by atoms with Gasteiger partial charge in [0.25, 0.3) is 5.91 Å². The summed E-state index contributed by atoms with van der Waals surface area (Å²) in [5.41, 5.74) is 0.849. The lowest BCUT2D eigenvalue weighted by Crippen LogP contribution is -2.35. The smallest absolute Gasteiger partial charge is 0.283 e. The van der Waals surface area contributed by atoms with E-state index in [0.29, 0.717) is 29.2 Å². The van der Waals surface area contributed by atoms with Crippen molar-refractivity contribution in [1.82, 2.24) is 5.01 Å². The maximum Gasteiger partial charge on any atom is 0.283 e. The second kappa shape index (κ2) is 9.39. The van der Waals surface area contributed by atoms with Gasteiger partial charge in [0.05, 0.1) is 12.2 Å². The van der Waals surface area contributed by atoms with E-state index >= 15 is 0 Å². The number of sulfone groups is 1. The Morgan fingerprint density at radius 2 is 1.94 bits per heavy atom. The van der Waals surface area contributed by atoms with Crippen molar-refractivity contribution in [2.75, 3.05) is 12.9 Å². The minimum Gasteiger partial charge on any atom is -0.490 e. The zero-order chi connectivity index (χ0) is 24.5. The Kier molecular flexibility index (Phi) is 6.53. The molecule has 0 spiro atoms. The number of nitrogens with zero attached hydrogens (tertiary/aromatic N) is 3. The molecule has 0 radical (unpaired) electrons. The highest BCUT2D eigenvalue weighted by atomic mass is 32.3. The van der Waals surface area contributed by atoms with Gasteiger partial charge in [-0.1, -0.05) is 24.3 Å². The number of amidine groups is 2. The van der Waals surface area contributed by atoms with Gasteiger partial charge in [-0.05, 0) is 48.5 Å². The van der Waals surface area contributed by atoms with Crippen LogP contribution in [0.2, 0.25) is 0 Å². The highest BCUT2D eigenvalue weighted by Crippen LogP contribution is 2.33. The van der Waals surface area contributed by atoms with Gasteiger partial charge in [0, 0.05) is 11.8 Å². The molecule has 0 atom stereocenters. The van der Waals surface area contributed by atoms with Crippen molar-refractivity contribution in [1.29, 1.82) is 5.41 Å². The molecule has 2 heterocycles. The molecule has 1 N–H and O–H groups in total. The molecular formula is C22H19FN4O5S2. The number of aliphatic imine (C=N–C) groups is 1. The molecule has 0 fully saturated rings. The number of ether oxygens (including phenoxy) is 2. The number of fused-ring (bicyclic) bond motifs is 1. The molecule has 2 aliphatic rings. The number of rotatable bonds is 6. The van der Waals surface area contributed by atoms with Gasteiger partial charge in [-0.3, -0.25) is 10.2 Å². The van der Waals surface area contributed by atoms with E-state index in [1.807, 2.05) is 0 Å². The summed E-state index contributed by atoms with van der Waals surface area (Å²) in [6.07, 6.45) is 2.43. The SMILES string of the molecule is CCOc1cc(/C=C2\C(=N)N3N=C(S(C)(=O)=O)SC3=NC2=O)ccc1OCc1ccccc1F. The van der Waals surface area contributed by atoms with Crippen LogP contribution in [0.25, 0.3) is 6.08 Å². The number of hydrogen-bond acceptors (Lipinski definition) is 8. The number of carbonyl (C=O) groups is 1. The summed E-state index contributed by atoms with van der Waals surface area (Å²) in [5, 5.41) is 13.3. The largest absolute Gasteiger partial charge is 0.490 e. The fourth-order valence-electron chi connectivity index (χ4n) is 3.06. The normalized spacial score (nSPS) is 16.9. The van der Waals surface area contributed by atoms with E-state index in [2.05, 4.69) is 10.1 Å². The van der Waals surface area contributed by atoms with Crippen molar-refractivity contribution in [2.45, 2.75) is 13.5 Å². The topological polar surface area (TPSA) is 121 Å². The molecular weight excluding hydrogens is 483 g/mol. The minimum atomic E-state index is -3.61. The molecule has 2 aliphatic heterocycles. The van der Waals surface area contributed by atoms with Gasteiger partial charge in [0.15, 0.2) is 17.3 Å². The standard InChI is InChI=1S/C22H19FN4O5S2/c1-3-31-18-11-13(8-9-17(18)32-12-14-6-4-5-7-16(14)23)10-15-19(24)27-21(25-20(15)28)33-22(26-27)34(2,29)30/h4-11,24H,3,12H2,1-2H3/b15-10+,24-19?. The monoisotopic (exact) mass is 502 g/mol. The Morgan fingerprint density at radius 1 is 1.18 bits per heavy atom. The van der Waals surface area contributed by atoms with Crippen LogP contribution < -0.4 is 9.47 Å². The maximum atomic E-state index is 13.9. The molecule has 0 saturated carbocycles. The summed E-state index contributed by atoms with van der Waals surface area (Å²) in [5.74, 6) is -0.597. The van der Waals surface area contributed by atoms with Crippen LogP contribution in [0, 0.1) is 11.2 Å². The summed E-state index contributed by atoms with van der Waals surface area (Å²) in [4.78, 5) is 16.4. The van der Waals surface area contributed by atoms with Crippen LogP contribution >= 0.6 is 11.8 Å². The lowest BCUT2D eigenvalue weighted by Gasteiger charge is -2.20. The van der Waals surface area contributed by atoms with Crippen LogP contribution in [0.1, 0.15) is 18.1 Å². The van der Waals surface area contributed by atoms with Crippen molar-refractivity contribution in [2.24, 2.45) is 10.1 Å². The lowest BCUT2D eigenvalue weighted by molar-refractivity contribution is -0.114. The summed E-state index contributed by atoms with van der Waals surface area (Å²) >= 11 is 0.719. The quantitative estimate of drug-likeness (QED) is 0.601. The number of nitrogens with one attached hydrogen (secondary N) is 1. The first-order valence-corrected chi connectivity index (χ1v) is 12.7. The maximum absolute atomic E-state index is 13.9. The van der Waals surface area contributed by atoms with Gasteiger partial charge in [0.1, 0.15) is 12.4 Å². The molecule has 1 amide bonds. The molecule has 0 unspecified atom stereocenters. The van der Waals surface area contributed by atoms with E-state index in [-0.39, 0.29) is 33.4 Å². The van der Waals surface area contributed by atoms with Gasteiger partial charge in [0.2, 0.25) is 19.4 Å². The molecule has 176 valence electrons. The van der Waals surface area contributed by atoms with E-state index in [1.54, 1.807) is 43.3 Å². The van der Waals surface area contributed by atoms with Crippen LogP contribution in [-0.4, -0.2) is 47.6 Å². The molecule has 2 aromatic rings. The van der Waals surface area contributed by atoms with Crippen molar-refractivity contribution >= 4 is 49.0 Å². The first kappa shape index (κ1) is 23.6. The first-order valence-electron chi connectivity index (χ1n) is 10.0. The summed E-state index contributed by atoms with van der Waals surface area (Å²) in [6, 6.07) is 11.2. The van der Waals surface area contributed by atoms with E-state index < -0.39 is 15.7 Å². The fraction of sp³-hybridized carbons (Fsp3) is 0.182. The predicted molar refractivity (Wildman–Crippen MR) is 128 cm³/mol. The van der Waals surface area contributed by atoms with Gasteiger partial charge >= 0.3 is 0 Å². The number of benzene rings is 2. The molecule has 0 aliphatic carbocycles. The van der Waals surface area contributed by atoms with E-state index in [4.69, 9.17) is 14.9 Å². The zero-order valence-corrected chi connectivity index (χ0v) is 19.7. The molecule has 0 saturated heterocycles. The third kappa shape index (κ3) is 4.87. The first-order chi connectivity index (χ1) is 16.2. The molecule has 9 nitrogen and oxygen atoms in total. The van der Waals surface area contributed by atoms with Crippen LogP contribution in [0.4, 0.5) is 4.39 Å². The average molecular weight is 503 g/mol. The van der Waals surface area contributed by atoms with E-state index in [9.17, 15) is 17.6 Å². The van der Waals surface area contributed by atoms with Crippen molar-refractivity contribution < 1.29 is 27.1 Å². The second-order valence-corrected chi connectivity index (χ2v) is 10.3. The van der Waals surface area contributed by atoms with Gasteiger partial charge in [-0.2, -0.15) is 10.0 Å². The van der Waals surface area contributed by atoms with Crippen LogP contribution in [0.5, 0.6) is 11.5 Å². The van der Waals surface area contributed by atoms with Gasteiger partial charge < -0.3 is 9.47 Å². The second-order valence-electron chi connectivity index (χ2n) is 7.18.